The predicted molar refractivity (Wildman–Crippen MR) is 145 cm³/mol. The number of likely N-dealkylation sites (tertiary alicyclic amines) is 1. The van der Waals surface area contributed by atoms with E-state index in [4.69, 9.17) is 14.2 Å². The summed E-state index contributed by atoms with van der Waals surface area (Å²) < 4.78 is 19.3. The van der Waals surface area contributed by atoms with Gasteiger partial charge in [0.1, 0.15) is 5.60 Å². The Hall–Kier alpha value is -1.21. The van der Waals surface area contributed by atoms with Crippen LogP contribution in [-0.4, -0.2) is 61.0 Å². The zero-order chi connectivity index (χ0) is 25.1. The lowest BCUT2D eigenvalue weighted by molar-refractivity contribution is -0.154. The summed E-state index contributed by atoms with van der Waals surface area (Å²) >= 11 is 3.50. The third-order valence-corrected chi connectivity index (χ3v) is 7.22. The monoisotopic (exact) mass is 549 g/mol. The number of allylic oxidation sites excluding steroid dienone is 1. The second-order valence-electron chi connectivity index (χ2n) is 10.8. The van der Waals surface area contributed by atoms with Crippen LogP contribution in [0.15, 0.2) is 40.9 Å². The molecular weight excluding hydrogens is 506 g/mol. The molecule has 1 saturated heterocycles. The normalized spacial score (nSPS) is 23.7. The fraction of sp³-hybridized carbons (Fsp3) is 0.690. The molecule has 1 unspecified atom stereocenters. The van der Waals surface area contributed by atoms with E-state index in [9.17, 15) is 4.79 Å². The summed E-state index contributed by atoms with van der Waals surface area (Å²) in [6.45, 7) is 9.36. The molecule has 0 radical (unpaired) electrons. The predicted octanol–water partition coefficient (Wildman–Crippen LogP) is 6.48. The molecule has 3 rings (SSSR count). The Labute approximate surface area is 220 Å². The third kappa shape index (κ3) is 10.4. The van der Waals surface area contributed by atoms with Crippen LogP contribution in [0.5, 0.6) is 0 Å². The topological polar surface area (TPSA) is 48.0 Å². The molecule has 1 saturated carbocycles. The van der Waals surface area contributed by atoms with Crippen molar-refractivity contribution >= 4 is 21.9 Å². The van der Waals surface area contributed by atoms with Crippen LogP contribution < -0.4 is 0 Å². The summed E-state index contributed by atoms with van der Waals surface area (Å²) in [7, 11) is 0. The Morgan fingerprint density at radius 3 is 2.51 bits per heavy atom. The van der Waals surface area contributed by atoms with Gasteiger partial charge in [0.2, 0.25) is 0 Å². The molecule has 0 aromatic heterocycles. The van der Waals surface area contributed by atoms with Crippen molar-refractivity contribution in [2.24, 2.45) is 0 Å². The van der Waals surface area contributed by atoms with Crippen LogP contribution in [0, 0.1) is 0 Å². The van der Waals surface area contributed by atoms with E-state index < -0.39 is 5.60 Å². The molecule has 5 nitrogen and oxygen atoms in total. The standard InChI is InChI=1S/C29H44BrNO4/c1-29(2,3)35-27(32)12-6-4-9-21-34-28-25(31-19-7-5-8-20-31)17-18-26(28)33-22-10-11-23-13-15-24(30)16-14-23/h4,9,13-16,25-26,28H,5-8,10-12,17-22H2,1-3H3/b9-4-/t25-,26+,28?/m1/s1. The molecule has 6 heteroatoms. The summed E-state index contributed by atoms with van der Waals surface area (Å²) in [5, 5.41) is 0. The van der Waals surface area contributed by atoms with Crippen LogP contribution >= 0.6 is 15.9 Å². The Kier molecular flexibility index (Phi) is 11.8. The van der Waals surface area contributed by atoms with Crippen molar-refractivity contribution in [3.05, 3.63) is 46.5 Å². The summed E-state index contributed by atoms with van der Waals surface area (Å²) in [4.78, 5) is 14.5. The van der Waals surface area contributed by atoms with Gasteiger partial charge >= 0.3 is 5.97 Å². The van der Waals surface area contributed by atoms with E-state index in [1.807, 2.05) is 32.9 Å². The van der Waals surface area contributed by atoms with Gasteiger partial charge in [0.05, 0.1) is 18.8 Å². The summed E-state index contributed by atoms with van der Waals surface area (Å²) in [5.74, 6) is -0.152. The van der Waals surface area contributed by atoms with Gasteiger partial charge in [-0.1, -0.05) is 46.6 Å². The van der Waals surface area contributed by atoms with Gasteiger partial charge in [0.15, 0.2) is 0 Å². The fourth-order valence-electron chi connectivity index (χ4n) is 5.06. The van der Waals surface area contributed by atoms with Crippen LogP contribution in [-0.2, 0) is 25.4 Å². The molecule has 0 spiro atoms. The van der Waals surface area contributed by atoms with E-state index in [-0.39, 0.29) is 18.2 Å². The van der Waals surface area contributed by atoms with Gasteiger partial charge in [-0.15, -0.1) is 0 Å². The maximum atomic E-state index is 11.9. The molecule has 1 aromatic carbocycles. The number of carbonyl (C=O) groups is 1. The number of piperidine rings is 1. The molecule has 0 amide bonds. The summed E-state index contributed by atoms with van der Waals surface area (Å²) in [5.41, 5.74) is 0.919. The third-order valence-electron chi connectivity index (χ3n) is 6.69. The number of halogens is 1. The minimum atomic E-state index is -0.427. The van der Waals surface area contributed by atoms with Gasteiger partial charge in [-0.3, -0.25) is 9.69 Å². The summed E-state index contributed by atoms with van der Waals surface area (Å²) in [6.07, 6.45) is 13.6. The lowest BCUT2D eigenvalue weighted by Crippen LogP contribution is -2.47. The number of nitrogens with zero attached hydrogens (tertiary/aromatic N) is 1. The number of carbonyl (C=O) groups excluding carboxylic acids is 1. The molecule has 1 aliphatic heterocycles. The molecule has 1 aromatic rings. The Morgan fingerprint density at radius 2 is 1.80 bits per heavy atom. The first-order chi connectivity index (χ1) is 16.8. The first-order valence-electron chi connectivity index (χ1n) is 13.4. The molecule has 3 atom stereocenters. The highest BCUT2D eigenvalue weighted by Gasteiger charge is 2.41. The number of aryl methyl sites for hydroxylation is 1. The largest absolute Gasteiger partial charge is 0.460 e. The minimum absolute atomic E-state index is 0.108. The molecular formula is C29H44BrNO4. The molecule has 35 heavy (non-hydrogen) atoms. The molecule has 196 valence electrons. The van der Waals surface area contributed by atoms with Crippen LogP contribution in [0.3, 0.4) is 0 Å². The molecule has 2 fully saturated rings. The second-order valence-corrected chi connectivity index (χ2v) is 11.7. The molecule has 2 aliphatic rings. The zero-order valence-electron chi connectivity index (χ0n) is 21.8. The van der Waals surface area contributed by atoms with E-state index in [1.54, 1.807) is 0 Å². The molecule has 1 heterocycles. The summed E-state index contributed by atoms with van der Waals surface area (Å²) in [6, 6.07) is 8.99. The number of hydrogen-bond donors (Lipinski definition) is 0. The van der Waals surface area contributed by atoms with Crippen LogP contribution in [0.2, 0.25) is 0 Å². The highest BCUT2D eigenvalue weighted by atomic mass is 79.9. The lowest BCUT2D eigenvalue weighted by atomic mass is 10.1. The van der Waals surface area contributed by atoms with Gasteiger partial charge in [-0.2, -0.15) is 0 Å². The number of ether oxygens (including phenoxy) is 3. The van der Waals surface area contributed by atoms with E-state index in [2.05, 4.69) is 45.1 Å². The number of benzene rings is 1. The Bertz CT molecular complexity index is 783. The van der Waals surface area contributed by atoms with Crippen LogP contribution in [0.4, 0.5) is 0 Å². The Balaban J connectivity index is 1.44. The van der Waals surface area contributed by atoms with E-state index >= 15 is 0 Å². The van der Waals surface area contributed by atoms with Crippen molar-refractivity contribution in [1.82, 2.24) is 4.90 Å². The first-order valence-corrected chi connectivity index (χ1v) is 14.2. The quantitative estimate of drug-likeness (QED) is 0.169. The van der Waals surface area contributed by atoms with E-state index in [1.165, 1.54) is 37.9 Å². The lowest BCUT2D eigenvalue weighted by Gasteiger charge is -2.36. The zero-order valence-corrected chi connectivity index (χ0v) is 23.4. The van der Waals surface area contributed by atoms with E-state index in [0.29, 0.717) is 25.5 Å². The van der Waals surface area contributed by atoms with Crippen molar-refractivity contribution in [2.45, 2.75) is 102 Å². The number of esters is 1. The highest BCUT2D eigenvalue weighted by molar-refractivity contribution is 9.10. The second kappa shape index (κ2) is 14.5. The average molecular weight is 551 g/mol. The fourth-order valence-corrected chi connectivity index (χ4v) is 5.32. The molecule has 1 aliphatic carbocycles. The maximum absolute atomic E-state index is 11.9. The van der Waals surface area contributed by atoms with E-state index in [0.717, 1.165) is 36.8 Å². The average Bonchev–Trinajstić information content (AvgIpc) is 3.22. The molecule has 0 N–H and O–H groups in total. The van der Waals surface area contributed by atoms with Gasteiger partial charge < -0.3 is 14.2 Å². The van der Waals surface area contributed by atoms with Gasteiger partial charge in [-0.25, -0.2) is 0 Å². The first kappa shape index (κ1) is 28.4. The van der Waals surface area contributed by atoms with Crippen molar-refractivity contribution in [3.8, 4) is 0 Å². The van der Waals surface area contributed by atoms with Gasteiger partial charge in [0.25, 0.3) is 0 Å². The van der Waals surface area contributed by atoms with Crippen LogP contribution in [0.1, 0.15) is 77.7 Å². The smallest absolute Gasteiger partial charge is 0.306 e. The maximum Gasteiger partial charge on any atom is 0.306 e. The van der Waals surface area contributed by atoms with Crippen molar-refractivity contribution in [3.63, 3.8) is 0 Å². The van der Waals surface area contributed by atoms with Gasteiger partial charge in [-0.05, 0) is 96.5 Å². The highest BCUT2D eigenvalue weighted by Crippen LogP contribution is 2.31. The molecule has 0 bridgehead atoms. The van der Waals surface area contributed by atoms with Crippen molar-refractivity contribution in [2.75, 3.05) is 26.3 Å². The van der Waals surface area contributed by atoms with Gasteiger partial charge in [0, 0.05) is 23.5 Å². The minimum Gasteiger partial charge on any atom is -0.460 e. The van der Waals surface area contributed by atoms with Crippen molar-refractivity contribution in [1.29, 1.82) is 0 Å². The number of rotatable bonds is 12. The Morgan fingerprint density at radius 1 is 1.06 bits per heavy atom. The van der Waals surface area contributed by atoms with Crippen molar-refractivity contribution < 1.29 is 19.0 Å². The van der Waals surface area contributed by atoms with Crippen LogP contribution in [0.25, 0.3) is 0 Å². The SMILES string of the molecule is CC(C)(C)OC(=O)CC/C=C\COC1[C@@H](OCCCc2ccc(Br)cc2)CC[C@H]1N1CCCCC1. The number of hydrogen-bond acceptors (Lipinski definition) is 5.